The zero-order chi connectivity index (χ0) is 14.2. The maximum Gasteiger partial charge on any atom is 0.325 e. The molecule has 2 saturated heterocycles. The van der Waals surface area contributed by atoms with Crippen LogP contribution in [0.1, 0.15) is 12.8 Å². The van der Waals surface area contributed by atoms with Gasteiger partial charge >= 0.3 is 11.9 Å². The molecule has 2 rings (SSSR count). The highest BCUT2D eigenvalue weighted by atomic mass is 16.5. The number of ether oxygens (including phenoxy) is 2. The lowest BCUT2D eigenvalue weighted by Gasteiger charge is -2.32. The van der Waals surface area contributed by atoms with Crippen LogP contribution in [0.15, 0.2) is 0 Å². The SMILES string of the molecule is COC(=O)C1CCC2C(=O)C(C(=O)OC)C(=O)N2C1. The Morgan fingerprint density at radius 2 is 1.74 bits per heavy atom. The van der Waals surface area contributed by atoms with Crippen molar-refractivity contribution < 1.29 is 28.7 Å². The van der Waals surface area contributed by atoms with Crippen molar-refractivity contribution in [1.29, 1.82) is 0 Å². The second-order valence-electron chi connectivity index (χ2n) is 4.66. The largest absolute Gasteiger partial charge is 0.469 e. The first-order valence-corrected chi connectivity index (χ1v) is 6.01. The van der Waals surface area contributed by atoms with Crippen molar-refractivity contribution >= 4 is 23.6 Å². The summed E-state index contributed by atoms with van der Waals surface area (Å²) in [6, 6.07) is -0.613. The van der Waals surface area contributed by atoms with Gasteiger partial charge in [0.1, 0.15) is 0 Å². The van der Waals surface area contributed by atoms with Crippen molar-refractivity contribution in [1.82, 2.24) is 4.90 Å². The van der Waals surface area contributed by atoms with Gasteiger partial charge in [-0.2, -0.15) is 0 Å². The molecule has 0 aromatic rings. The third-order valence-electron chi connectivity index (χ3n) is 3.70. The van der Waals surface area contributed by atoms with Crippen LogP contribution in [0.3, 0.4) is 0 Å². The number of hydrogen-bond donors (Lipinski definition) is 0. The van der Waals surface area contributed by atoms with Gasteiger partial charge < -0.3 is 14.4 Å². The third-order valence-corrected chi connectivity index (χ3v) is 3.70. The minimum atomic E-state index is -1.37. The Morgan fingerprint density at radius 3 is 2.32 bits per heavy atom. The lowest BCUT2D eigenvalue weighted by molar-refractivity contribution is -0.152. The van der Waals surface area contributed by atoms with E-state index in [0.29, 0.717) is 12.8 Å². The molecule has 2 fully saturated rings. The number of fused-ring (bicyclic) bond motifs is 1. The average molecular weight is 269 g/mol. The van der Waals surface area contributed by atoms with Gasteiger partial charge in [-0.05, 0) is 12.8 Å². The number of esters is 2. The standard InChI is InChI=1S/C12H15NO6/c1-18-11(16)6-3-4-7-9(14)8(12(17)19-2)10(15)13(7)5-6/h6-8H,3-5H2,1-2H3. The maximum atomic E-state index is 12.1. The van der Waals surface area contributed by atoms with E-state index < -0.39 is 41.5 Å². The van der Waals surface area contributed by atoms with Crippen LogP contribution >= 0.6 is 0 Å². The predicted molar refractivity (Wildman–Crippen MR) is 60.8 cm³/mol. The van der Waals surface area contributed by atoms with Crippen LogP contribution in [0, 0.1) is 11.8 Å². The molecule has 7 nitrogen and oxygen atoms in total. The highest BCUT2D eigenvalue weighted by Gasteiger charge is 2.53. The molecule has 0 aromatic carbocycles. The van der Waals surface area contributed by atoms with Crippen molar-refractivity contribution in [3.05, 3.63) is 0 Å². The van der Waals surface area contributed by atoms with Gasteiger partial charge in [0.2, 0.25) is 5.91 Å². The molecule has 0 N–H and O–H groups in total. The topological polar surface area (TPSA) is 90.0 Å². The van der Waals surface area contributed by atoms with Crippen molar-refractivity contribution in [2.24, 2.45) is 11.8 Å². The molecule has 2 aliphatic rings. The molecule has 0 aliphatic carbocycles. The monoisotopic (exact) mass is 269 g/mol. The summed E-state index contributed by atoms with van der Waals surface area (Å²) in [5.74, 6) is -4.05. The second kappa shape index (κ2) is 4.99. The highest BCUT2D eigenvalue weighted by Crippen LogP contribution is 2.32. The molecule has 104 valence electrons. The fraction of sp³-hybridized carbons (Fsp3) is 0.667. The van der Waals surface area contributed by atoms with Crippen LogP contribution in [-0.4, -0.2) is 55.3 Å². The summed E-state index contributed by atoms with van der Waals surface area (Å²) in [6.45, 7) is 0.120. The van der Waals surface area contributed by atoms with Crippen molar-refractivity contribution in [3.63, 3.8) is 0 Å². The Hall–Kier alpha value is -1.92. The fourth-order valence-corrected chi connectivity index (χ4v) is 2.68. The predicted octanol–water partition coefficient (Wildman–Crippen LogP) is -0.861. The van der Waals surface area contributed by atoms with E-state index in [4.69, 9.17) is 0 Å². The van der Waals surface area contributed by atoms with E-state index in [0.717, 1.165) is 7.11 Å². The van der Waals surface area contributed by atoms with Crippen LogP contribution in [0.5, 0.6) is 0 Å². The summed E-state index contributed by atoms with van der Waals surface area (Å²) in [6.07, 6.45) is 0.846. The number of Topliss-reactive ketones (excluding diaryl/α,β-unsaturated/α-hetero) is 1. The second-order valence-corrected chi connectivity index (χ2v) is 4.66. The lowest BCUT2D eigenvalue weighted by atomic mass is 9.92. The van der Waals surface area contributed by atoms with Crippen LogP contribution in [0.25, 0.3) is 0 Å². The molecule has 3 atom stereocenters. The minimum Gasteiger partial charge on any atom is -0.469 e. The Balaban J connectivity index is 2.18. The van der Waals surface area contributed by atoms with Gasteiger partial charge in [-0.3, -0.25) is 19.2 Å². The molecular formula is C12H15NO6. The number of ketones is 1. The Kier molecular flexibility index (Phi) is 3.55. The Morgan fingerprint density at radius 1 is 1.11 bits per heavy atom. The zero-order valence-electron chi connectivity index (χ0n) is 10.8. The summed E-state index contributed by atoms with van der Waals surface area (Å²) in [5, 5.41) is 0. The normalized spacial score (nSPS) is 30.0. The van der Waals surface area contributed by atoms with Gasteiger partial charge in [-0.1, -0.05) is 0 Å². The van der Waals surface area contributed by atoms with E-state index in [1.54, 1.807) is 0 Å². The number of hydrogen-bond acceptors (Lipinski definition) is 6. The van der Waals surface area contributed by atoms with E-state index in [2.05, 4.69) is 9.47 Å². The van der Waals surface area contributed by atoms with E-state index in [1.807, 2.05) is 0 Å². The molecule has 2 heterocycles. The summed E-state index contributed by atoms with van der Waals surface area (Å²) in [7, 11) is 2.42. The van der Waals surface area contributed by atoms with Gasteiger partial charge in [0.05, 0.1) is 26.2 Å². The third kappa shape index (κ3) is 2.09. The molecule has 0 radical (unpaired) electrons. The Labute approximate surface area is 109 Å². The Bertz CT molecular complexity index is 446. The molecule has 2 aliphatic heterocycles. The van der Waals surface area contributed by atoms with Crippen LogP contribution in [0.4, 0.5) is 0 Å². The van der Waals surface area contributed by atoms with Crippen LogP contribution in [-0.2, 0) is 28.7 Å². The van der Waals surface area contributed by atoms with Crippen molar-refractivity contribution in [2.75, 3.05) is 20.8 Å². The number of nitrogens with zero attached hydrogens (tertiary/aromatic N) is 1. The van der Waals surface area contributed by atoms with Crippen LogP contribution in [0.2, 0.25) is 0 Å². The van der Waals surface area contributed by atoms with E-state index in [1.165, 1.54) is 12.0 Å². The maximum absolute atomic E-state index is 12.1. The van der Waals surface area contributed by atoms with E-state index >= 15 is 0 Å². The number of amides is 1. The fourth-order valence-electron chi connectivity index (χ4n) is 2.68. The van der Waals surface area contributed by atoms with Gasteiger partial charge in [0, 0.05) is 6.54 Å². The van der Waals surface area contributed by atoms with Crippen LogP contribution < -0.4 is 0 Å². The minimum absolute atomic E-state index is 0.120. The lowest BCUT2D eigenvalue weighted by Crippen LogP contribution is -2.45. The zero-order valence-corrected chi connectivity index (χ0v) is 10.8. The first-order valence-electron chi connectivity index (χ1n) is 6.01. The summed E-state index contributed by atoms with van der Waals surface area (Å²) < 4.78 is 9.12. The highest BCUT2D eigenvalue weighted by molar-refractivity contribution is 6.22. The van der Waals surface area contributed by atoms with E-state index in [9.17, 15) is 19.2 Å². The number of rotatable bonds is 2. The molecule has 19 heavy (non-hydrogen) atoms. The molecule has 0 aromatic heterocycles. The summed E-state index contributed by atoms with van der Waals surface area (Å²) in [5.41, 5.74) is 0. The number of carbonyl (C=O) groups is 4. The molecule has 0 bridgehead atoms. The van der Waals surface area contributed by atoms with Gasteiger partial charge in [-0.25, -0.2) is 0 Å². The van der Waals surface area contributed by atoms with Gasteiger partial charge in [0.15, 0.2) is 11.7 Å². The number of carbonyl (C=O) groups excluding carboxylic acids is 4. The molecule has 0 saturated carbocycles. The van der Waals surface area contributed by atoms with Crippen molar-refractivity contribution in [3.8, 4) is 0 Å². The smallest absolute Gasteiger partial charge is 0.325 e. The van der Waals surface area contributed by atoms with E-state index in [-0.39, 0.29) is 6.54 Å². The number of piperidine rings is 1. The summed E-state index contributed by atoms with van der Waals surface area (Å²) in [4.78, 5) is 48.3. The van der Waals surface area contributed by atoms with Gasteiger partial charge in [-0.15, -0.1) is 0 Å². The molecule has 1 amide bonds. The molecule has 0 spiro atoms. The van der Waals surface area contributed by atoms with Crippen molar-refractivity contribution in [2.45, 2.75) is 18.9 Å². The molecule has 3 unspecified atom stereocenters. The van der Waals surface area contributed by atoms with Gasteiger partial charge in [0.25, 0.3) is 0 Å². The first kappa shape index (κ1) is 13.5. The number of methoxy groups -OCH3 is 2. The quantitative estimate of drug-likeness (QED) is 0.478. The first-order chi connectivity index (χ1) is 9.01. The summed E-state index contributed by atoms with van der Waals surface area (Å²) >= 11 is 0. The molecular weight excluding hydrogens is 254 g/mol. The molecule has 7 heteroatoms. The average Bonchev–Trinajstić information content (AvgIpc) is 2.69.